The standard InChI is InChI=1S/C15H16O3/c1-15-9-13(12(18-15)7-8-14(15)16)17-10-11-5-3-2-4-6-11/h2-8,12-13H,9-10H2,1H3. The molecule has 2 aliphatic heterocycles. The molecule has 0 amide bonds. The second kappa shape index (κ2) is 4.34. The Balaban J connectivity index is 1.66. The first-order valence-electron chi connectivity index (χ1n) is 6.23. The lowest BCUT2D eigenvalue weighted by atomic mass is 9.97. The summed E-state index contributed by atoms with van der Waals surface area (Å²) in [7, 11) is 0. The van der Waals surface area contributed by atoms with Crippen LogP contribution in [0.2, 0.25) is 0 Å². The number of carbonyl (C=O) groups is 1. The first kappa shape index (κ1) is 11.6. The highest BCUT2D eigenvalue weighted by Crippen LogP contribution is 2.37. The molecule has 1 aromatic rings. The minimum Gasteiger partial charge on any atom is -0.370 e. The van der Waals surface area contributed by atoms with E-state index in [1.807, 2.05) is 43.3 Å². The molecule has 2 aliphatic rings. The van der Waals surface area contributed by atoms with Crippen molar-refractivity contribution >= 4 is 5.78 Å². The summed E-state index contributed by atoms with van der Waals surface area (Å²) < 4.78 is 11.6. The highest BCUT2D eigenvalue weighted by Gasteiger charge is 2.49. The van der Waals surface area contributed by atoms with Gasteiger partial charge in [0.25, 0.3) is 0 Å². The molecule has 3 unspecified atom stereocenters. The number of benzene rings is 1. The van der Waals surface area contributed by atoms with Gasteiger partial charge in [-0.15, -0.1) is 0 Å². The maximum absolute atomic E-state index is 11.7. The number of fused-ring (bicyclic) bond motifs is 2. The summed E-state index contributed by atoms with van der Waals surface area (Å²) in [6.07, 6.45) is 3.96. The molecule has 94 valence electrons. The van der Waals surface area contributed by atoms with E-state index in [2.05, 4.69) is 0 Å². The van der Waals surface area contributed by atoms with Crippen LogP contribution in [-0.2, 0) is 20.9 Å². The van der Waals surface area contributed by atoms with Crippen LogP contribution in [0.3, 0.4) is 0 Å². The third kappa shape index (κ3) is 2.00. The average Bonchev–Trinajstić information content (AvgIpc) is 2.67. The quantitative estimate of drug-likeness (QED) is 0.818. The molecule has 3 rings (SSSR count). The van der Waals surface area contributed by atoms with Gasteiger partial charge in [0.15, 0.2) is 5.78 Å². The van der Waals surface area contributed by atoms with Gasteiger partial charge in [-0.2, -0.15) is 0 Å². The summed E-state index contributed by atoms with van der Waals surface area (Å²) in [6, 6.07) is 10.0. The van der Waals surface area contributed by atoms with Crippen LogP contribution in [0.4, 0.5) is 0 Å². The van der Waals surface area contributed by atoms with Crippen LogP contribution in [0, 0.1) is 0 Å². The second-order valence-electron chi connectivity index (χ2n) is 5.08. The minimum atomic E-state index is -0.680. The summed E-state index contributed by atoms with van der Waals surface area (Å²) in [4.78, 5) is 11.7. The van der Waals surface area contributed by atoms with Gasteiger partial charge in [0.2, 0.25) is 0 Å². The van der Waals surface area contributed by atoms with E-state index in [-0.39, 0.29) is 18.0 Å². The van der Waals surface area contributed by atoms with Crippen LogP contribution in [0.1, 0.15) is 18.9 Å². The summed E-state index contributed by atoms with van der Waals surface area (Å²) in [5.41, 5.74) is 0.459. The molecule has 0 aromatic heterocycles. The number of ketones is 1. The van der Waals surface area contributed by atoms with Gasteiger partial charge < -0.3 is 9.47 Å². The van der Waals surface area contributed by atoms with Gasteiger partial charge in [0.05, 0.1) is 12.7 Å². The third-order valence-corrected chi connectivity index (χ3v) is 3.62. The van der Waals surface area contributed by atoms with Gasteiger partial charge in [0, 0.05) is 6.42 Å². The first-order valence-corrected chi connectivity index (χ1v) is 6.23. The van der Waals surface area contributed by atoms with Crippen LogP contribution in [0.5, 0.6) is 0 Å². The van der Waals surface area contributed by atoms with Gasteiger partial charge >= 0.3 is 0 Å². The molecule has 1 aromatic carbocycles. The number of hydrogen-bond donors (Lipinski definition) is 0. The molecule has 0 N–H and O–H groups in total. The van der Waals surface area contributed by atoms with Crippen molar-refractivity contribution in [2.45, 2.75) is 37.8 Å². The van der Waals surface area contributed by atoms with Crippen LogP contribution in [-0.4, -0.2) is 23.6 Å². The zero-order chi connectivity index (χ0) is 12.6. The molecule has 18 heavy (non-hydrogen) atoms. The van der Waals surface area contributed by atoms with Crippen molar-refractivity contribution in [1.82, 2.24) is 0 Å². The lowest BCUT2D eigenvalue weighted by molar-refractivity contribution is -0.136. The largest absolute Gasteiger partial charge is 0.370 e. The smallest absolute Gasteiger partial charge is 0.187 e. The molecule has 0 aliphatic carbocycles. The van der Waals surface area contributed by atoms with Crippen molar-refractivity contribution in [3.63, 3.8) is 0 Å². The van der Waals surface area contributed by atoms with Crippen LogP contribution in [0.15, 0.2) is 42.5 Å². The van der Waals surface area contributed by atoms with Crippen molar-refractivity contribution in [3.8, 4) is 0 Å². The van der Waals surface area contributed by atoms with Crippen LogP contribution in [0.25, 0.3) is 0 Å². The Morgan fingerprint density at radius 2 is 2.17 bits per heavy atom. The Morgan fingerprint density at radius 1 is 1.39 bits per heavy atom. The topological polar surface area (TPSA) is 35.5 Å². The number of carbonyl (C=O) groups excluding carboxylic acids is 1. The van der Waals surface area contributed by atoms with E-state index in [1.54, 1.807) is 6.08 Å². The Morgan fingerprint density at radius 3 is 2.89 bits per heavy atom. The van der Waals surface area contributed by atoms with Crippen LogP contribution < -0.4 is 0 Å². The average molecular weight is 244 g/mol. The molecule has 0 saturated carbocycles. The highest BCUT2D eigenvalue weighted by atomic mass is 16.6. The molecule has 0 radical (unpaired) electrons. The van der Waals surface area contributed by atoms with E-state index in [1.165, 1.54) is 0 Å². The normalized spacial score (nSPS) is 33.9. The minimum absolute atomic E-state index is 0.0297. The van der Waals surface area contributed by atoms with Crippen molar-refractivity contribution in [2.75, 3.05) is 0 Å². The van der Waals surface area contributed by atoms with Gasteiger partial charge in [-0.3, -0.25) is 4.79 Å². The lowest BCUT2D eigenvalue weighted by Crippen LogP contribution is -2.36. The molecule has 3 atom stereocenters. The van der Waals surface area contributed by atoms with E-state index in [0.717, 1.165) is 5.56 Å². The fraction of sp³-hybridized carbons (Fsp3) is 0.400. The number of hydrogen-bond acceptors (Lipinski definition) is 3. The third-order valence-electron chi connectivity index (χ3n) is 3.62. The number of ether oxygens (including phenoxy) is 2. The zero-order valence-corrected chi connectivity index (χ0v) is 10.3. The van der Waals surface area contributed by atoms with Crippen molar-refractivity contribution < 1.29 is 14.3 Å². The Hall–Kier alpha value is -1.45. The fourth-order valence-corrected chi connectivity index (χ4v) is 2.54. The van der Waals surface area contributed by atoms with Crippen molar-refractivity contribution in [3.05, 3.63) is 48.0 Å². The molecule has 1 saturated heterocycles. The summed E-state index contributed by atoms with van der Waals surface area (Å²) in [6.45, 7) is 2.40. The van der Waals surface area contributed by atoms with Gasteiger partial charge in [-0.05, 0) is 24.6 Å². The Kier molecular flexibility index (Phi) is 2.80. The fourth-order valence-electron chi connectivity index (χ4n) is 2.54. The van der Waals surface area contributed by atoms with Crippen molar-refractivity contribution in [2.24, 2.45) is 0 Å². The van der Waals surface area contributed by atoms with Crippen molar-refractivity contribution in [1.29, 1.82) is 0 Å². The van der Waals surface area contributed by atoms with Crippen LogP contribution >= 0.6 is 0 Å². The highest BCUT2D eigenvalue weighted by molar-refractivity contribution is 5.98. The summed E-state index contributed by atoms with van der Waals surface area (Å²) >= 11 is 0. The molecule has 3 heteroatoms. The molecule has 1 fully saturated rings. The first-order chi connectivity index (χ1) is 8.67. The van der Waals surface area contributed by atoms with E-state index >= 15 is 0 Å². The molecular weight excluding hydrogens is 228 g/mol. The van der Waals surface area contributed by atoms with E-state index in [4.69, 9.17) is 9.47 Å². The van der Waals surface area contributed by atoms with E-state index in [0.29, 0.717) is 13.0 Å². The molecule has 3 nitrogen and oxygen atoms in total. The molecule has 2 bridgehead atoms. The van der Waals surface area contributed by atoms with Gasteiger partial charge in [-0.25, -0.2) is 0 Å². The zero-order valence-electron chi connectivity index (χ0n) is 10.3. The molecule has 0 spiro atoms. The monoisotopic (exact) mass is 244 g/mol. The summed E-state index contributed by atoms with van der Waals surface area (Å²) in [5.74, 6) is 0.0459. The molecule has 2 heterocycles. The Labute approximate surface area is 106 Å². The molecular formula is C15H16O3. The predicted octanol–water partition coefficient (Wildman–Crippen LogP) is 2.26. The van der Waals surface area contributed by atoms with Gasteiger partial charge in [-0.1, -0.05) is 30.3 Å². The van der Waals surface area contributed by atoms with E-state index in [9.17, 15) is 4.79 Å². The summed E-state index contributed by atoms with van der Waals surface area (Å²) in [5, 5.41) is 0. The van der Waals surface area contributed by atoms with E-state index < -0.39 is 5.60 Å². The maximum atomic E-state index is 11.7. The Bertz CT molecular complexity index is 480. The number of rotatable bonds is 3. The SMILES string of the molecule is CC12CC(OCc3ccccc3)C(C=CC1=O)O2. The lowest BCUT2D eigenvalue weighted by Gasteiger charge is -2.23. The maximum Gasteiger partial charge on any atom is 0.187 e. The second-order valence-corrected chi connectivity index (χ2v) is 5.08. The van der Waals surface area contributed by atoms with Gasteiger partial charge in [0.1, 0.15) is 11.7 Å². The predicted molar refractivity (Wildman–Crippen MR) is 67.1 cm³/mol.